The SMILES string of the molecule is Clc1ccc(OCC2CN(Cc3ccoc3)CCO2)nc1. The van der Waals surface area contributed by atoms with E-state index in [1.54, 1.807) is 30.9 Å². The minimum Gasteiger partial charge on any atom is -0.475 e. The van der Waals surface area contributed by atoms with Crippen molar-refractivity contribution in [2.24, 2.45) is 0 Å². The molecule has 1 saturated heterocycles. The Balaban J connectivity index is 1.48. The van der Waals surface area contributed by atoms with Crippen LogP contribution in [-0.4, -0.2) is 42.3 Å². The number of furan rings is 1. The summed E-state index contributed by atoms with van der Waals surface area (Å²) >= 11 is 5.79. The Labute approximate surface area is 128 Å². The number of ether oxygens (including phenoxy) is 2. The first-order valence-corrected chi connectivity index (χ1v) is 7.27. The lowest BCUT2D eigenvalue weighted by molar-refractivity contribution is -0.0510. The molecule has 1 fully saturated rings. The Hall–Kier alpha value is -1.56. The smallest absolute Gasteiger partial charge is 0.213 e. The van der Waals surface area contributed by atoms with Gasteiger partial charge in [-0.2, -0.15) is 0 Å². The lowest BCUT2D eigenvalue weighted by Crippen LogP contribution is -2.44. The van der Waals surface area contributed by atoms with Crippen LogP contribution in [-0.2, 0) is 11.3 Å². The molecular formula is C15H17ClN2O3. The summed E-state index contributed by atoms with van der Waals surface area (Å²) in [5.41, 5.74) is 1.18. The third kappa shape index (κ3) is 4.20. The molecule has 0 aliphatic carbocycles. The van der Waals surface area contributed by atoms with E-state index >= 15 is 0 Å². The molecule has 112 valence electrons. The largest absolute Gasteiger partial charge is 0.475 e. The average molecular weight is 309 g/mol. The molecule has 6 heteroatoms. The molecule has 2 aromatic heterocycles. The summed E-state index contributed by atoms with van der Waals surface area (Å²) in [6.07, 6.45) is 5.09. The predicted octanol–water partition coefficient (Wildman–Crippen LogP) is 2.61. The first kappa shape index (κ1) is 14.4. The van der Waals surface area contributed by atoms with Gasteiger partial charge in [-0.3, -0.25) is 4.90 Å². The lowest BCUT2D eigenvalue weighted by atomic mass is 10.2. The minimum atomic E-state index is 0.0446. The van der Waals surface area contributed by atoms with Crippen molar-refractivity contribution in [1.82, 2.24) is 9.88 Å². The number of aromatic nitrogens is 1. The van der Waals surface area contributed by atoms with Crippen LogP contribution in [0.15, 0.2) is 41.3 Å². The van der Waals surface area contributed by atoms with Crippen molar-refractivity contribution in [3.63, 3.8) is 0 Å². The molecule has 3 heterocycles. The molecule has 0 N–H and O–H groups in total. The highest BCUT2D eigenvalue weighted by atomic mass is 35.5. The van der Waals surface area contributed by atoms with Crippen LogP contribution in [0.4, 0.5) is 0 Å². The van der Waals surface area contributed by atoms with Gasteiger partial charge in [0.15, 0.2) is 0 Å². The van der Waals surface area contributed by atoms with E-state index in [1.165, 1.54) is 5.56 Å². The summed E-state index contributed by atoms with van der Waals surface area (Å²) in [4.78, 5) is 6.44. The first-order valence-electron chi connectivity index (χ1n) is 6.89. The molecule has 1 unspecified atom stereocenters. The molecule has 2 aromatic rings. The van der Waals surface area contributed by atoms with Crippen molar-refractivity contribution in [2.75, 3.05) is 26.3 Å². The number of hydrogen-bond acceptors (Lipinski definition) is 5. The highest BCUT2D eigenvalue weighted by molar-refractivity contribution is 6.30. The Bertz CT molecular complexity index is 545. The zero-order chi connectivity index (χ0) is 14.5. The molecule has 0 bridgehead atoms. The molecule has 0 amide bonds. The fourth-order valence-corrected chi connectivity index (χ4v) is 2.40. The van der Waals surface area contributed by atoms with Crippen LogP contribution in [0.3, 0.4) is 0 Å². The molecule has 0 saturated carbocycles. The summed E-state index contributed by atoms with van der Waals surface area (Å²) in [5.74, 6) is 0.565. The first-order chi connectivity index (χ1) is 10.3. The van der Waals surface area contributed by atoms with E-state index in [4.69, 9.17) is 25.5 Å². The molecule has 5 nitrogen and oxygen atoms in total. The molecule has 1 aliphatic heterocycles. The maximum Gasteiger partial charge on any atom is 0.213 e. The van der Waals surface area contributed by atoms with Gasteiger partial charge in [0, 0.05) is 37.5 Å². The van der Waals surface area contributed by atoms with E-state index in [2.05, 4.69) is 9.88 Å². The van der Waals surface area contributed by atoms with Gasteiger partial charge in [-0.1, -0.05) is 11.6 Å². The second-order valence-electron chi connectivity index (χ2n) is 4.99. The van der Waals surface area contributed by atoms with Crippen LogP contribution >= 0.6 is 11.6 Å². The Kier molecular flexibility index (Phi) is 4.75. The van der Waals surface area contributed by atoms with Crippen LogP contribution in [0.2, 0.25) is 5.02 Å². The second kappa shape index (κ2) is 6.93. The molecule has 0 radical (unpaired) electrons. The standard InChI is InChI=1S/C15H17ClN2O3/c16-13-1-2-15(17-7-13)21-11-14-9-18(4-6-20-14)8-12-3-5-19-10-12/h1-3,5,7,10,14H,4,6,8-9,11H2. The van der Waals surface area contributed by atoms with E-state index in [0.29, 0.717) is 24.1 Å². The summed E-state index contributed by atoms with van der Waals surface area (Å²) in [6, 6.07) is 5.50. The Morgan fingerprint density at radius 3 is 3.10 bits per heavy atom. The van der Waals surface area contributed by atoms with Crippen LogP contribution in [0, 0.1) is 0 Å². The van der Waals surface area contributed by atoms with Gasteiger partial charge < -0.3 is 13.9 Å². The lowest BCUT2D eigenvalue weighted by Gasteiger charge is -2.32. The zero-order valence-corrected chi connectivity index (χ0v) is 12.3. The van der Waals surface area contributed by atoms with Gasteiger partial charge in [0.1, 0.15) is 12.7 Å². The Morgan fingerprint density at radius 1 is 1.38 bits per heavy atom. The topological polar surface area (TPSA) is 47.7 Å². The zero-order valence-electron chi connectivity index (χ0n) is 11.6. The number of morpholine rings is 1. The molecular weight excluding hydrogens is 292 g/mol. The molecule has 0 spiro atoms. The third-order valence-corrected chi connectivity index (χ3v) is 3.55. The van der Waals surface area contributed by atoms with E-state index in [-0.39, 0.29) is 6.10 Å². The van der Waals surface area contributed by atoms with Gasteiger partial charge >= 0.3 is 0 Å². The van der Waals surface area contributed by atoms with Crippen molar-refractivity contribution in [1.29, 1.82) is 0 Å². The van der Waals surface area contributed by atoms with Crippen LogP contribution in [0.5, 0.6) is 5.88 Å². The van der Waals surface area contributed by atoms with Crippen molar-refractivity contribution < 1.29 is 13.9 Å². The third-order valence-electron chi connectivity index (χ3n) is 3.33. The Morgan fingerprint density at radius 2 is 2.33 bits per heavy atom. The number of nitrogens with zero attached hydrogens (tertiary/aromatic N) is 2. The van der Waals surface area contributed by atoms with Crippen molar-refractivity contribution >= 4 is 11.6 Å². The van der Waals surface area contributed by atoms with Crippen LogP contribution in [0.1, 0.15) is 5.56 Å². The van der Waals surface area contributed by atoms with Gasteiger partial charge in [0.2, 0.25) is 5.88 Å². The quantitative estimate of drug-likeness (QED) is 0.849. The summed E-state index contributed by atoms with van der Waals surface area (Å²) < 4.78 is 16.5. The van der Waals surface area contributed by atoms with Gasteiger partial charge in [-0.15, -0.1) is 0 Å². The molecule has 21 heavy (non-hydrogen) atoms. The van der Waals surface area contributed by atoms with E-state index < -0.39 is 0 Å². The van der Waals surface area contributed by atoms with Crippen molar-refractivity contribution in [3.05, 3.63) is 47.5 Å². The van der Waals surface area contributed by atoms with Gasteiger partial charge in [-0.05, 0) is 12.1 Å². The monoisotopic (exact) mass is 308 g/mol. The number of halogens is 1. The van der Waals surface area contributed by atoms with E-state index in [1.807, 2.05) is 6.07 Å². The maximum absolute atomic E-state index is 5.79. The average Bonchev–Trinajstić information content (AvgIpc) is 3.00. The van der Waals surface area contributed by atoms with Crippen LogP contribution in [0.25, 0.3) is 0 Å². The maximum atomic E-state index is 5.79. The fraction of sp³-hybridized carbons (Fsp3) is 0.400. The number of hydrogen-bond donors (Lipinski definition) is 0. The molecule has 1 aliphatic rings. The molecule has 3 rings (SSSR count). The summed E-state index contributed by atoms with van der Waals surface area (Å²) in [7, 11) is 0. The number of rotatable bonds is 5. The fourth-order valence-electron chi connectivity index (χ4n) is 2.29. The highest BCUT2D eigenvalue weighted by Gasteiger charge is 2.21. The molecule has 1 atom stereocenters. The van der Waals surface area contributed by atoms with Crippen molar-refractivity contribution in [2.45, 2.75) is 12.6 Å². The van der Waals surface area contributed by atoms with Gasteiger partial charge in [-0.25, -0.2) is 4.98 Å². The summed E-state index contributed by atoms with van der Waals surface area (Å²) in [5, 5.41) is 0.600. The highest BCUT2D eigenvalue weighted by Crippen LogP contribution is 2.14. The van der Waals surface area contributed by atoms with E-state index in [9.17, 15) is 0 Å². The number of pyridine rings is 1. The molecule has 0 aromatic carbocycles. The normalized spacial score (nSPS) is 19.6. The van der Waals surface area contributed by atoms with Crippen LogP contribution < -0.4 is 4.74 Å². The second-order valence-corrected chi connectivity index (χ2v) is 5.42. The van der Waals surface area contributed by atoms with Crippen molar-refractivity contribution in [3.8, 4) is 5.88 Å². The summed E-state index contributed by atoms with van der Waals surface area (Å²) in [6.45, 7) is 3.81. The van der Waals surface area contributed by atoms with Gasteiger partial charge in [0.25, 0.3) is 0 Å². The van der Waals surface area contributed by atoms with E-state index in [0.717, 1.165) is 19.6 Å². The minimum absolute atomic E-state index is 0.0446. The van der Waals surface area contributed by atoms with Gasteiger partial charge in [0.05, 0.1) is 24.2 Å². The predicted molar refractivity (Wildman–Crippen MR) is 78.5 cm³/mol.